The molecular formula is C17H25NO. The molecule has 1 aliphatic heterocycles. The first-order chi connectivity index (χ1) is 9.34. The summed E-state index contributed by atoms with van der Waals surface area (Å²) >= 11 is 0. The lowest BCUT2D eigenvalue weighted by molar-refractivity contribution is 0.205. The predicted octanol–water partition coefficient (Wildman–Crippen LogP) is 4.13. The lowest BCUT2D eigenvalue weighted by atomic mass is 9.93. The molecule has 0 radical (unpaired) electrons. The first-order valence-electron chi connectivity index (χ1n) is 7.84. The standard InChI is InChI=1S/C17H25NO/c1-13-7-6-11-16(19-14-8-2-3-9-14)17(13)15-10-4-5-12-18-15/h6-7,11,14-15,18H,2-5,8-10,12H2,1H3. The Balaban J connectivity index is 1.83. The molecule has 1 aromatic rings. The quantitative estimate of drug-likeness (QED) is 0.881. The van der Waals surface area contributed by atoms with Gasteiger partial charge in [0.05, 0.1) is 6.10 Å². The van der Waals surface area contributed by atoms with Gasteiger partial charge in [-0.1, -0.05) is 18.6 Å². The van der Waals surface area contributed by atoms with Crippen molar-refractivity contribution in [3.63, 3.8) is 0 Å². The van der Waals surface area contributed by atoms with Gasteiger partial charge in [-0.2, -0.15) is 0 Å². The molecule has 0 spiro atoms. The third-order valence-corrected chi connectivity index (χ3v) is 4.54. The Morgan fingerprint density at radius 2 is 1.84 bits per heavy atom. The molecule has 0 aromatic heterocycles. The Morgan fingerprint density at radius 3 is 2.58 bits per heavy atom. The maximum absolute atomic E-state index is 6.30. The van der Waals surface area contributed by atoms with Gasteiger partial charge in [0.1, 0.15) is 5.75 Å². The predicted molar refractivity (Wildman–Crippen MR) is 78.7 cm³/mol. The number of nitrogens with one attached hydrogen (secondary N) is 1. The van der Waals surface area contributed by atoms with Crippen molar-refractivity contribution in [2.75, 3.05) is 6.54 Å². The van der Waals surface area contributed by atoms with E-state index in [0.29, 0.717) is 12.1 Å². The van der Waals surface area contributed by atoms with Gasteiger partial charge in [-0.25, -0.2) is 0 Å². The molecule has 2 fully saturated rings. The van der Waals surface area contributed by atoms with Gasteiger partial charge in [0, 0.05) is 11.6 Å². The second-order valence-electron chi connectivity index (χ2n) is 6.01. The van der Waals surface area contributed by atoms with Crippen LogP contribution in [0.4, 0.5) is 0 Å². The summed E-state index contributed by atoms with van der Waals surface area (Å²) in [4.78, 5) is 0. The molecule has 2 aliphatic rings. The SMILES string of the molecule is Cc1cccc(OC2CCCC2)c1C1CCCCN1. The van der Waals surface area contributed by atoms with Crippen LogP contribution in [0.1, 0.15) is 62.1 Å². The Hall–Kier alpha value is -1.02. The van der Waals surface area contributed by atoms with Crippen molar-refractivity contribution in [3.05, 3.63) is 29.3 Å². The van der Waals surface area contributed by atoms with Crippen LogP contribution < -0.4 is 10.1 Å². The summed E-state index contributed by atoms with van der Waals surface area (Å²) in [6, 6.07) is 7.00. The summed E-state index contributed by atoms with van der Waals surface area (Å²) < 4.78 is 6.30. The molecule has 3 rings (SSSR count). The van der Waals surface area contributed by atoms with Crippen LogP contribution in [0.2, 0.25) is 0 Å². The van der Waals surface area contributed by atoms with E-state index in [1.165, 1.54) is 56.1 Å². The number of ether oxygens (including phenoxy) is 1. The zero-order valence-corrected chi connectivity index (χ0v) is 12.0. The zero-order chi connectivity index (χ0) is 13.1. The summed E-state index contributed by atoms with van der Waals surface area (Å²) in [7, 11) is 0. The molecular weight excluding hydrogens is 234 g/mol. The van der Waals surface area contributed by atoms with Crippen molar-refractivity contribution < 1.29 is 4.74 Å². The Morgan fingerprint density at radius 1 is 1.05 bits per heavy atom. The van der Waals surface area contributed by atoms with Gasteiger partial charge in [0.15, 0.2) is 0 Å². The molecule has 2 heteroatoms. The number of aryl methyl sites for hydroxylation is 1. The second kappa shape index (κ2) is 5.96. The number of benzene rings is 1. The van der Waals surface area contributed by atoms with E-state index in [2.05, 4.69) is 30.4 Å². The van der Waals surface area contributed by atoms with Crippen LogP contribution in [0, 0.1) is 6.92 Å². The van der Waals surface area contributed by atoms with Gasteiger partial charge >= 0.3 is 0 Å². The van der Waals surface area contributed by atoms with Gasteiger partial charge in [0.25, 0.3) is 0 Å². The topological polar surface area (TPSA) is 21.3 Å². The molecule has 1 saturated heterocycles. The summed E-state index contributed by atoms with van der Waals surface area (Å²) in [5, 5.41) is 3.66. The lowest BCUT2D eigenvalue weighted by Gasteiger charge is -2.28. The van der Waals surface area contributed by atoms with Crippen molar-refractivity contribution in [1.29, 1.82) is 0 Å². The van der Waals surface area contributed by atoms with Crippen molar-refractivity contribution >= 4 is 0 Å². The molecule has 0 amide bonds. The van der Waals surface area contributed by atoms with Gasteiger partial charge in [0.2, 0.25) is 0 Å². The highest BCUT2D eigenvalue weighted by molar-refractivity contribution is 5.42. The Kier molecular flexibility index (Phi) is 4.07. The first kappa shape index (κ1) is 13.0. The molecule has 1 saturated carbocycles. The van der Waals surface area contributed by atoms with Gasteiger partial charge in [-0.3, -0.25) is 0 Å². The molecule has 1 aliphatic carbocycles. The second-order valence-corrected chi connectivity index (χ2v) is 6.01. The van der Waals surface area contributed by atoms with E-state index in [1.54, 1.807) is 0 Å². The highest BCUT2D eigenvalue weighted by atomic mass is 16.5. The van der Waals surface area contributed by atoms with E-state index >= 15 is 0 Å². The smallest absolute Gasteiger partial charge is 0.124 e. The van der Waals surface area contributed by atoms with Crippen LogP contribution in [0.15, 0.2) is 18.2 Å². The van der Waals surface area contributed by atoms with Crippen LogP contribution in [-0.2, 0) is 0 Å². The van der Waals surface area contributed by atoms with Crippen molar-refractivity contribution in [1.82, 2.24) is 5.32 Å². The third kappa shape index (κ3) is 2.94. The normalized spacial score (nSPS) is 24.6. The fraction of sp³-hybridized carbons (Fsp3) is 0.647. The van der Waals surface area contributed by atoms with E-state index in [4.69, 9.17) is 4.74 Å². The Labute approximate surface area is 116 Å². The summed E-state index contributed by atoms with van der Waals surface area (Å²) in [5.41, 5.74) is 2.78. The van der Waals surface area contributed by atoms with E-state index in [0.717, 1.165) is 12.3 Å². The first-order valence-corrected chi connectivity index (χ1v) is 7.84. The molecule has 1 atom stereocenters. The third-order valence-electron chi connectivity index (χ3n) is 4.54. The van der Waals surface area contributed by atoms with Crippen LogP contribution in [0.25, 0.3) is 0 Å². The largest absolute Gasteiger partial charge is 0.490 e. The minimum Gasteiger partial charge on any atom is -0.490 e. The minimum absolute atomic E-state index is 0.448. The van der Waals surface area contributed by atoms with Crippen molar-refractivity contribution in [2.45, 2.75) is 64.0 Å². The number of piperidine rings is 1. The van der Waals surface area contributed by atoms with E-state index in [1.807, 2.05) is 0 Å². The van der Waals surface area contributed by atoms with Crippen LogP contribution in [0.5, 0.6) is 5.75 Å². The fourth-order valence-corrected chi connectivity index (χ4v) is 3.49. The Bertz CT molecular complexity index is 417. The van der Waals surface area contributed by atoms with Crippen molar-refractivity contribution in [3.8, 4) is 5.75 Å². The molecule has 2 nitrogen and oxygen atoms in total. The molecule has 0 bridgehead atoms. The number of hydrogen-bond donors (Lipinski definition) is 1. The van der Waals surface area contributed by atoms with E-state index < -0.39 is 0 Å². The number of hydrogen-bond acceptors (Lipinski definition) is 2. The zero-order valence-electron chi connectivity index (χ0n) is 12.0. The van der Waals surface area contributed by atoms with Gasteiger partial charge in [-0.05, 0) is 63.6 Å². The fourth-order valence-electron chi connectivity index (χ4n) is 3.49. The van der Waals surface area contributed by atoms with Crippen molar-refractivity contribution in [2.24, 2.45) is 0 Å². The molecule has 1 N–H and O–H groups in total. The van der Waals surface area contributed by atoms with Gasteiger partial charge in [-0.15, -0.1) is 0 Å². The maximum atomic E-state index is 6.30. The lowest BCUT2D eigenvalue weighted by Crippen LogP contribution is -2.28. The minimum atomic E-state index is 0.448. The van der Waals surface area contributed by atoms with Gasteiger partial charge < -0.3 is 10.1 Å². The average Bonchev–Trinajstić information content (AvgIpc) is 2.93. The highest BCUT2D eigenvalue weighted by Gasteiger charge is 2.23. The molecule has 19 heavy (non-hydrogen) atoms. The highest BCUT2D eigenvalue weighted by Crippen LogP contribution is 2.35. The average molecular weight is 259 g/mol. The summed E-state index contributed by atoms with van der Waals surface area (Å²) in [5.74, 6) is 1.13. The van der Waals surface area contributed by atoms with E-state index in [-0.39, 0.29) is 0 Å². The van der Waals surface area contributed by atoms with Crippen LogP contribution in [-0.4, -0.2) is 12.6 Å². The maximum Gasteiger partial charge on any atom is 0.124 e. The molecule has 1 unspecified atom stereocenters. The molecule has 1 aromatic carbocycles. The molecule has 104 valence electrons. The summed E-state index contributed by atoms with van der Waals surface area (Å²) in [6.45, 7) is 3.36. The monoisotopic (exact) mass is 259 g/mol. The van der Waals surface area contributed by atoms with E-state index in [9.17, 15) is 0 Å². The molecule has 1 heterocycles. The van der Waals surface area contributed by atoms with Crippen LogP contribution >= 0.6 is 0 Å². The number of rotatable bonds is 3. The summed E-state index contributed by atoms with van der Waals surface area (Å²) in [6.07, 6.45) is 9.43. The van der Waals surface area contributed by atoms with Crippen LogP contribution in [0.3, 0.4) is 0 Å².